The first-order valence-corrected chi connectivity index (χ1v) is 11.6. The minimum Gasteiger partial charge on any atom is -0.325 e. The number of hydrogen-bond donors (Lipinski definition) is 1. The van der Waals surface area contributed by atoms with Gasteiger partial charge < -0.3 is 5.32 Å². The second kappa shape index (κ2) is 9.64. The number of carbonyl (C=O) groups is 1. The zero-order chi connectivity index (χ0) is 23.5. The minimum absolute atomic E-state index is 0.179. The zero-order valence-electron chi connectivity index (χ0n) is 19.0. The summed E-state index contributed by atoms with van der Waals surface area (Å²) < 4.78 is 27.4. The van der Waals surface area contributed by atoms with Crippen LogP contribution in [-0.4, -0.2) is 61.0 Å². The molecule has 1 heterocycles. The van der Waals surface area contributed by atoms with Gasteiger partial charge in [-0.1, -0.05) is 18.2 Å². The van der Waals surface area contributed by atoms with E-state index in [1.165, 1.54) is 26.2 Å². The van der Waals surface area contributed by atoms with Crippen LogP contribution in [0.2, 0.25) is 0 Å². The van der Waals surface area contributed by atoms with E-state index in [-0.39, 0.29) is 17.3 Å². The second-order valence-corrected chi connectivity index (χ2v) is 10.1. The molecule has 3 rings (SSSR count). The summed E-state index contributed by atoms with van der Waals surface area (Å²) in [5, 5.41) is 7.47. The molecule has 0 spiro atoms. The fourth-order valence-corrected chi connectivity index (χ4v) is 4.32. The first-order valence-electron chi connectivity index (χ1n) is 10.2. The Bertz CT molecular complexity index is 1190. The highest BCUT2D eigenvalue weighted by Gasteiger charge is 2.18. The number of para-hydroxylation sites is 1. The molecule has 1 aromatic heterocycles. The van der Waals surface area contributed by atoms with Gasteiger partial charge >= 0.3 is 0 Å². The van der Waals surface area contributed by atoms with Gasteiger partial charge in [-0.25, -0.2) is 17.4 Å². The highest BCUT2D eigenvalue weighted by molar-refractivity contribution is 7.89. The van der Waals surface area contributed by atoms with Crippen molar-refractivity contribution in [1.82, 2.24) is 19.0 Å². The molecule has 1 N–H and O–H groups in total. The molecule has 2 aromatic carbocycles. The van der Waals surface area contributed by atoms with E-state index in [1.54, 1.807) is 12.1 Å². The molecule has 8 nitrogen and oxygen atoms in total. The van der Waals surface area contributed by atoms with Crippen LogP contribution in [0.4, 0.5) is 5.69 Å². The lowest BCUT2D eigenvalue weighted by atomic mass is 10.2. The minimum atomic E-state index is -3.50. The van der Waals surface area contributed by atoms with Gasteiger partial charge in [0, 0.05) is 37.6 Å². The number of carbonyl (C=O) groups excluding carboxylic acids is 1. The first kappa shape index (κ1) is 23.6. The van der Waals surface area contributed by atoms with E-state index in [1.807, 2.05) is 60.8 Å². The maximum absolute atomic E-state index is 12.5. The summed E-state index contributed by atoms with van der Waals surface area (Å²) in [6, 6.07) is 16.1. The van der Waals surface area contributed by atoms with Gasteiger partial charge in [-0.2, -0.15) is 5.10 Å². The molecule has 0 aliphatic carbocycles. The molecule has 0 atom stereocenters. The summed E-state index contributed by atoms with van der Waals surface area (Å²) in [5.74, 6) is -0.179. The number of nitrogens with zero attached hydrogens (tertiary/aromatic N) is 4. The molecule has 32 heavy (non-hydrogen) atoms. The van der Waals surface area contributed by atoms with Gasteiger partial charge in [0.15, 0.2) is 0 Å². The van der Waals surface area contributed by atoms with Crippen molar-refractivity contribution in [1.29, 1.82) is 0 Å². The Morgan fingerprint density at radius 3 is 2.22 bits per heavy atom. The number of amides is 1. The highest BCUT2D eigenvalue weighted by atomic mass is 32.2. The van der Waals surface area contributed by atoms with Crippen LogP contribution >= 0.6 is 0 Å². The maximum Gasteiger partial charge on any atom is 0.242 e. The van der Waals surface area contributed by atoms with E-state index in [0.717, 1.165) is 26.9 Å². The Balaban J connectivity index is 1.63. The molecular formula is C23H29N5O3S. The summed E-state index contributed by atoms with van der Waals surface area (Å²) in [7, 11) is 1.34. The summed E-state index contributed by atoms with van der Waals surface area (Å²) in [5.41, 5.74) is 4.60. The lowest BCUT2D eigenvalue weighted by Crippen LogP contribution is -2.30. The third kappa shape index (κ3) is 5.24. The Kier molecular flexibility index (Phi) is 7.12. The molecule has 9 heteroatoms. The van der Waals surface area contributed by atoms with Crippen molar-refractivity contribution < 1.29 is 13.2 Å². The lowest BCUT2D eigenvalue weighted by molar-refractivity contribution is -0.117. The fourth-order valence-electron chi connectivity index (χ4n) is 3.42. The number of likely N-dealkylation sites (N-methyl/N-ethyl adjacent to an activating group) is 1. The van der Waals surface area contributed by atoms with Gasteiger partial charge in [0.25, 0.3) is 0 Å². The Labute approximate surface area is 189 Å². The molecule has 0 saturated heterocycles. The normalized spacial score (nSPS) is 11.8. The van der Waals surface area contributed by atoms with E-state index in [2.05, 4.69) is 10.4 Å². The van der Waals surface area contributed by atoms with Gasteiger partial charge in [0.2, 0.25) is 15.9 Å². The van der Waals surface area contributed by atoms with Gasteiger partial charge in [-0.15, -0.1) is 0 Å². The summed E-state index contributed by atoms with van der Waals surface area (Å²) in [4.78, 5) is 14.6. The molecule has 0 fully saturated rings. The van der Waals surface area contributed by atoms with Crippen LogP contribution in [-0.2, 0) is 21.4 Å². The van der Waals surface area contributed by atoms with Crippen LogP contribution in [0.15, 0.2) is 59.5 Å². The van der Waals surface area contributed by atoms with Crippen LogP contribution in [0.1, 0.15) is 17.0 Å². The van der Waals surface area contributed by atoms with Crippen molar-refractivity contribution in [2.24, 2.45) is 0 Å². The number of sulfonamides is 1. The predicted molar refractivity (Wildman–Crippen MR) is 125 cm³/mol. The zero-order valence-corrected chi connectivity index (χ0v) is 19.8. The number of aromatic nitrogens is 2. The number of rotatable bonds is 8. The van der Waals surface area contributed by atoms with E-state index in [0.29, 0.717) is 12.2 Å². The number of hydrogen-bond acceptors (Lipinski definition) is 5. The number of anilines is 1. The molecular weight excluding hydrogens is 426 g/mol. The van der Waals surface area contributed by atoms with Crippen LogP contribution in [0, 0.1) is 13.8 Å². The Hall–Kier alpha value is -3.01. The molecule has 0 aliphatic heterocycles. The fraction of sp³-hybridized carbons (Fsp3) is 0.304. The number of nitrogens with one attached hydrogen (secondary N) is 1. The SMILES string of the molecule is Cc1nn(-c2ccccc2)c(C)c1CN(C)CC(=O)Nc1ccc(S(=O)(=O)N(C)C)cc1. The maximum atomic E-state index is 12.5. The average Bonchev–Trinajstić information content (AvgIpc) is 3.02. The van der Waals surface area contributed by atoms with Crippen LogP contribution < -0.4 is 5.32 Å². The van der Waals surface area contributed by atoms with E-state index in [4.69, 9.17) is 0 Å². The highest BCUT2D eigenvalue weighted by Crippen LogP contribution is 2.20. The third-order valence-electron chi connectivity index (χ3n) is 5.20. The Morgan fingerprint density at radius 2 is 1.62 bits per heavy atom. The van der Waals surface area contributed by atoms with Crippen molar-refractivity contribution in [3.8, 4) is 5.69 Å². The van der Waals surface area contributed by atoms with Gasteiger partial charge in [-0.3, -0.25) is 9.69 Å². The molecule has 170 valence electrons. The van der Waals surface area contributed by atoms with Crippen LogP contribution in [0.3, 0.4) is 0 Å². The van der Waals surface area contributed by atoms with Crippen LogP contribution in [0.25, 0.3) is 5.69 Å². The lowest BCUT2D eigenvalue weighted by Gasteiger charge is -2.17. The summed E-state index contributed by atoms with van der Waals surface area (Å²) in [6.07, 6.45) is 0. The second-order valence-electron chi connectivity index (χ2n) is 7.93. The van der Waals surface area contributed by atoms with Crippen molar-refractivity contribution in [2.45, 2.75) is 25.3 Å². The number of aryl methyl sites for hydroxylation is 1. The van der Waals surface area contributed by atoms with Crippen LogP contribution in [0.5, 0.6) is 0 Å². The van der Waals surface area contributed by atoms with Gasteiger partial charge in [-0.05, 0) is 57.3 Å². The van der Waals surface area contributed by atoms with Crippen molar-refractivity contribution in [3.63, 3.8) is 0 Å². The molecule has 0 saturated carbocycles. The number of benzene rings is 2. The van der Waals surface area contributed by atoms with E-state index >= 15 is 0 Å². The standard InChI is InChI=1S/C23H29N5O3S/c1-17-22(18(2)28(25-17)20-9-7-6-8-10-20)15-27(5)16-23(29)24-19-11-13-21(14-12-19)32(30,31)26(3)4/h6-14H,15-16H2,1-5H3,(H,24,29). The topological polar surface area (TPSA) is 87.5 Å². The molecule has 0 bridgehead atoms. The van der Waals surface area contributed by atoms with Gasteiger partial charge in [0.05, 0.1) is 22.8 Å². The quantitative estimate of drug-likeness (QED) is 0.564. The predicted octanol–water partition coefficient (Wildman–Crippen LogP) is 2.81. The smallest absolute Gasteiger partial charge is 0.242 e. The first-order chi connectivity index (χ1) is 15.1. The largest absolute Gasteiger partial charge is 0.325 e. The molecule has 1 amide bonds. The average molecular weight is 456 g/mol. The molecule has 3 aromatic rings. The molecule has 0 unspecified atom stereocenters. The van der Waals surface area contributed by atoms with Crippen molar-refractivity contribution in [2.75, 3.05) is 33.0 Å². The monoisotopic (exact) mass is 455 g/mol. The Morgan fingerprint density at radius 1 is 1.00 bits per heavy atom. The van der Waals surface area contributed by atoms with E-state index in [9.17, 15) is 13.2 Å². The third-order valence-corrected chi connectivity index (χ3v) is 7.03. The summed E-state index contributed by atoms with van der Waals surface area (Å²) >= 11 is 0. The van der Waals surface area contributed by atoms with Crippen molar-refractivity contribution >= 4 is 21.6 Å². The summed E-state index contributed by atoms with van der Waals surface area (Å²) in [6.45, 7) is 4.77. The van der Waals surface area contributed by atoms with E-state index < -0.39 is 10.0 Å². The van der Waals surface area contributed by atoms with Crippen molar-refractivity contribution in [3.05, 3.63) is 71.5 Å². The van der Waals surface area contributed by atoms with Gasteiger partial charge in [0.1, 0.15) is 0 Å². The molecule has 0 aliphatic rings. The molecule has 0 radical (unpaired) electrons.